The highest BCUT2D eigenvalue weighted by Crippen LogP contribution is 2.50. The van der Waals surface area contributed by atoms with Crippen molar-refractivity contribution in [2.45, 2.75) is 50.9 Å². The van der Waals surface area contributed by atoms with E-state index in [0.717, 1.165) is 5.69 Å². The van der Waals surface area contributed by atoms with E-state index in [1.807, 2.05) is 16.7 Å². The Hall–Kier alpha value is -1.59. The summed E-state index contributed by atoms with van der Waals surface area (Å²) >= 11 is 0. The molecule has 0 fully saturated rings. The van der Waals surface area contributed by atoms with Crippen LogP contribution in [-0.2, 0) is 10.4 Å². The molecule has 0 saturated carbocycles. The largest absolute Gasteiger partial charge is 0.497 e. The van der Waals surface area contributed by atoms with Crippen molar-refractivity contribution >= 4 is 19.8 Å². The quantitative estimate of drug-likeness (QED) is 0.673. The molecule has 1 aromatic carbocycles. The molecule has 0 aromatic heterocycles. The second kappa shape index (κ2) is 5.49. The lowest BCUT2D eigenvalue weighted by Crippen LogP contribution is -2.59. The number of nitrogens with zero attached hydrogens (tertiary/aromatic N) is 1. The molecule has 1 aliphatic rings. The molecule has 0 saturated heterocycles. The van der Waals surface area contributed by atoms with Crippen LogP contribution >= 0.6 is 0 Å². The maximum atomic E-state index is 13.2. The molecule has 126 valence electrons. The third-order valence-electron chi connectivity index (χ3n) is 5.28. The van der Waals surface area contributed by atoms with Gasteiger partial charge >= 0.3 is 0 Å². The molecule has 1 aromatic rings. The number of ether oxygens (including phenoxy) is 1. The van der Waals surface area contributed by atoms with Crippen LogP contribution < -0.4 is 9.30 Å². The summed E-state index contributed by atoms with van der Waals surface area (Å²) < 4.78 is 7.15. The van der Waals surface area contributed by atoms with E-state index in [4.69, 9.17) is 4.74 Å². The average Bonchev–Trinajstić information content (AvgIpc) is 2.67. The van der Waals surface area contributed by atoms with Gasteiger partial charge in [0.05, 0.1) is 7.11 Å². The van der Waals surface area contributed by atoms with Gasteiger partial charge in [0.15, 0.2) is 13.8 Å². The van der Waals surface area contributed by atoms with Crippen molar-refractivity contribution in [3.8, 4) is 5.75 Å². The molecule has 1 amide bonds. The van der Waals surface area contributed by atoms with E-state index in [9.17, 15) is 9.90 Å². The van der Waals surface area contributed by atoms with Crippen LogP contribution in [-0.4, -0.2) is 26.4 Å². The number of benzene rings is 1. The molecule has 5 heteroatoms. The summed E-state index contributed by atoms with van der Waals surface area (Å²) in [5.41, 5.74) is -0.139. The number of hydrogen-bond donors (Lipinski definition) is 1. The molecule has 4 nitrogen and oxygen atoms in total. The van der Waals surface area contributed by atoms with Gasteiger partial charge < -0.3 is 14.4 Å². The zero-order valence-electron chi connectivity index (χ0n) is 14.9. The normalized spacial score (nSPS) is 21.3. The minimum absolute atomic E-state index is 0.0285. The summed E-state index contributed by atoms with van der Waals surface area (Å²) in [6, 6.07) is 5.49. The highest BCUT2D eigenvalue weighted by atomic mass is 28.3. The summed E-state index contributed by atoms with van der Waals surface area (Å²) in [5, 5.41) is 11.1. The third kappa shape index (κ3) is 2.52. The van der Waals surface area contributed by atoms with E-state index >= 15 is 0 Å². The molecule has 2 rings (SSSR count). The molecule has 1 atom stereocenters. The van der Waals surface area contributed by atoms with E-state index in [-0.39, 0.29) is 17.4 Å². The first-order chi connectivity index (χ1) is 10.5. The van der Waals surface area contributed by atoms with Gasteiger partial charge in [-0.3, -0.25) is 4.79 Å². The Bertz CT molecular complexity index is 648. The first-order valence-electron chi connectivity index (χ1n) is 7.87. The fourth-order valence-corrected chi connectivity index (χ4v) is 5.04. The maximum absolute atomic E-state index is 13.2. The van der Waals surface area contributed by atoms with Gasteiger partial charge in [-0.15, -0.1) is 6.58 Å². The van der Waals surface area contributed by atoms with Crippen molar-refractivity contribution in [2.75, 3.05) is 11.7 Å². The van der Waals surface area contributed by atoms with E-state index in [1.165, 1.54) is 0 Å². The van der Waals surface area contributed by atoms with Crippen molar-refractivity contribution in [1.82, 2.24) is 0 Å². The lowest BCUT2D eigenvalue weighted by molar-refractivity contribution is -0.134. The van der Waals surface area contributed by atoms with Gasteiger partial charge in [0, 0.05) is 17.7 Å². The van der Waals surface area contributed by atoms with Gasteiger partial charge in [0.25, 0.3) is 5.91 Å². The Morgan fingerprint density at radius 3 is 2.48 bits per heavy atom. The highest BCUT2D eigenvalue weighted by Gasteiger charge is 2.56. The molecule has 0 spiro atoms. The van der Waals surface area contributed by atoms with Gasteiger partial charge in [-0.2, -0.15) is 0 Å². The number of hydrogen-bond acceptors (Lipinski definition) is 3. The molecular weight excluding hydrogens is 306 g/mol. The number of carbonyl (C=O) groups excluding carboxylic acids is 1. The molecule has 0 aliphatic carbocycles. The summed E-state index contributed by atoms with van der Waals surface area (Å²) in [6.45, 7) is 14.5. The fourth-order valence-electron chi connectivity index (χ4n) is 2.87. The van der Waals surface area contributed by atoms with Crippen molar-refractivity contribution in [3.05, 3.63) is 36.4 Å². The maximum Gasteiger partial charge on any atom is 0.256 e. The second-order valence-electron chi connectivity index (χ2n) is 7.69. The van der Waals surface area contributed by atoms with Crippen LogP contribution in [0.2, 0.25) is 18.1 Å². The van der Waals surface area contributed by atoms with Crippen LogP contribution in [0.5, 0.6) is 5.75 Å². The highest BCUT2D eigenvalue weighted by molar-refractivity contribution is 6.87. The van der Waals surface area contributed by atoms with Crippen LogP contribution in [0.3, 0.4) is 0 Å². The Balaban J connectivity index is 2.71. The first kappa shape index (κ1) is 17.8. The van der Waals surface area contributed by atoms with Crippen LogP contribution in [0.4, 0.5) is 5.69 Å². The smallest absolute Gasteiger partial charge is 0.256 e. The van der Waals surface area contributed by atoms with Crippen molar-refractivity contribution < 1.29 is 14.6 Å². The van der Waals surface area contributed by atoms with Gasteiger partial charge in [0.1, 0.15) is 5.75 Å². The van der Waals surface area contributed by atoms with E-state index in [2.05, 4.69) is 40.4 Å². The van der Waals surface area contributed by atoms with Gasteiger partial charge in [-0.25, -0.2) is 0 Å². The van der Waals surface area contributed by atoms with Gasteiger partial charge in [0.2, 0.25) is 0 Å². The lowest BCUT2D eigenvalue weighted by atomic mass is 9.92. The molecule has 1 aliphatic heterocycles. The summed E-state index contributed by atoms with van der Waals surface area (Å²) in [6.07, 6.45) is 1.79. The molecule has 1 N–H and O–H groups in total. The van der Waals surface area contributed by atoms with Crippen molar-refractivity contribution in [2.24, 2.45) is 0 Å². The van der Waals surface area contributed by atoms with Crippen LogP contribution in [0.25, 0.3) is 0 Å². The van der Waals surface area contributed by atoms with E-state index < -0.39 is 13.8 Å². The number of carbonyl (C=O) groups is 1. The summed E-state index contributed by atoms with van der Waals surface area (Å²) in [4.78, 5) is 13.2. The predicted molar refractivity (Wildman–Crippen MR) is 96.4 cm³/mol. The second-order valence-corrected chi connectivity index (χ2v) is 12.8. The predicted octanol–water partition coefficient (Wildman–Crippen LogP) is 3.81. The van der Waals surface area contributed by atoms with Gasteiger partial charge in [-0.05, 0) is 23.2 Å². The number of rotatable bonds is 4. The van der Waals surface area contributed by atoms with Crippen LogP contribution in [0.15, 0.2) is 30.9 Å². The van der Waals surface area contributed by atoms with Crippen LogP contribution in [0, 0.1) is 0 Å². The zero-order chi connectivity index (χ0) is 17.6. The first-order valence-corrected chi connectivity index (χ1v) is 10.8. The number of methoxy groups -OCH3 is 1. The Labute approximate surface area is 139 Å². The Morgan fingerprint density at radius 1 is 1.39 bits per heavy atom. The molecular formula is C18H27NO3Si. The molecule has 0 radical (unpaired) electrons. The molecule has 23 heavy (non-hydrogen) atoms. The monoisotopic (exact) mass is 333 g/mol. The fraction of sp³-hybridized carbons (Fsp3) is 0.500. The minimum Gasteiger partial charge on any atom is -0.497 e. The van der Waals surface area contributed by atoms with Crippen molar-refractivity contribution in [3.63, 3.8) is 0 Å². The Kier molecular flexibility index (Phi) is 4.24. The van der Waals surface area contributed by atoms with Crippen LogP contribution in [0.1, 0.15) is 32.8 Å². The lowest BCUT2D eigenvalue weighted by Gasteiger charge is -2.44. The number of anilines is 1. The number of amides is 1. The summed E-state index contributed by atoms with van der Waals surface area (Å²) in [5.74, 6) is 0.392. The Morgan fingerprint density at radius 2 is 2.00 bits per heavy atom. The minimum atomic E-state index is -2.18. The molecule has 1 heterocycles. The zero-order valence-corrected chi connectivity index (χ0v) is 15.9. The van der Waals surface area contributed by atoms with E-state index in [0.29, 0.717) is 11.3 Å². The standard InChI is InChI=1S/C18H27NO3Si/c1-8-11-18(21)14-12-13(22-5)9-10-15(14)19(16(18)20)23(6,7)17(2,3)4/h8-10,12,21H,1,11H2,2-7H3/t18-/m1/s1. The van der Waals surface area contributed by atoms with E-state index in [1.54, 1.807) is 19.3 Å². The average molecular weight is 334 g/mol. The molecule has 0 bridgehead atoms. The third-order valence-corrected chi connectivity index (χ3v) is 10.5. The van der Waals surface area contributed by atoms with Gasteiger partial charge in [-0.1, -0.05) is 39.9 Å². The molecule has 0 unspecified atom stereocenters. The summed E-state index contributed by atoms with van der Waals surface area (Å²) in [7, 11) is -0.603. The van der Waals surface area contributed by atoms with Crippen molar-refractivity contribution in [1.29, 1.82) is 0 Å². The number of fused-ring (bicyclic) bond motifs is 1. The topological polar surface area (TPSA) is 49.8 Å². The number of aliphatic hydroxyl groups is 1. The SMILES string of the molecule is C=CC[C@]1(O)C(=O)N([Si](C)(C)C(C)(C)C)c2ccc(OC)cc21.